The first-order chi connectivity index (χ1) is 16.0. The van der Waals surface area contributed by atoms with Gasteiger partial charge in [-0.25, -0.2) is 19.2 Å². The molecule has 1 amide bonds. The number of rotatable bonds is 4. The number of piperidine rings is 1. The summed E-state index contributed by atoms with van der Waals surface area (Å²) in [6.45, 7) is 2.67. The van der Waals surface area contributed by atoms with E-state index < -0.39 is 18.0 Å². The van der Waals surface area contributed by atoms with Crippen molar-refractivity contribution in [3.05, 3.63) is 48.4 Å². The molecular formula is C21H23F4N5O4. The van der Waals surface area contributed by atoms with E-state index in [-0.39, 0.29) is 17.3 Å². The normalized spacial score (nSPS) is 19.6. The summed E-state index contributed by atoms with van der Waals surface area (Å²) in [5, 5.41) is 7.12. The number of hydrogen-bond donors (Lipinski definition) is 1. The summed E-state index contributed by atoms with van der Waals surface area (Å²) in [5.74, 6) is -2.93. The number of ether oxygens (including phenoxy) is 1. The van der Waals surface area contributed by atoms with E-state index in [0.29, 0.717) is 31.3 Å². The molecule has 0 saturated carbocycles. The van der Waals surface area contributed by atoms with Crippen LogP contribution in [0.15, 0.2) is 36.9 Å². The first kappa shape index (κ1) is 25.3. The standard InChI is InChI=1S/C19H22FN5O2.C2HF3O2/c1-24-8-4-14(11-27-17-15(20)3-2-5-23-17)9-19(24)12-25(13-19)18(26)16-10-21-6-7-22-16;3-2(4,5)1(6)7/h2-3,5-7,10,14H,4,8-9,11-13H2,1H3;(H,6,7). The van der Waals surface area contributed by atoms with Crippen molar-refractivity contribution < 1.29 is 37.0 Å². The number of nitrogens with zero attached hydrogens (tertiary/aromatic N) is 5. The van der Waals surface area contributed by atoms with Crippen molar-refractivity contribution in [2.45, 2.75) is 24.6 Å². The van der Waals surface area contributed by atoms with Gasteiger partial charge in [-0.2, -0.15) is 13.2 Å². The Bertz CT molecular complexity index is 1000. The van der Waals surface area contributed by atoms with E-state index in [1.165, 1.54) is 24.7 Å². The zero-order valence-electron chi connectivity index (χ0n) is 18.2. The topological polar surface area (TPSA) is 109 Å². The number of hydrogen-bond acceptors (Lipinski definition) is 7. The monoisotopic (exact) mass is 485 g/mol. The van der Waals surface area contributed by atoms with E-state index in [0.717, 1.165) is 19.4 Å². The molecule has 9 nitrogen and oxygen atoms in total. The zero-order valence-corrected chi connectivity index (χ0v) is 18.2. The Morgan fingerprint density at radius 3 is 2.53 bits per heavy atom. The molecular weight excluding hydrogens is 462 g/mol. The summed E-state index contributed by atoms with van der Waals surface area (Å²) in [6.07, 6.45) is 2.90. The molecule has 0 aromatic carbocycles. The molecule has 184 valence electrons. The van der Waals surface area contributed by atoms with Gasteiger partial charge in [-0.15, -0.1) is 0 Å². The minimum Gasteiger partial charge on any atom is -0.475 e. The molecule has 0 aliphatic carbocycles. The van der Waals surface area contributed by atoms with Crippen molar-refractivity contribution in [2.24, 2.45) is 5.92 Å². The Morgan fingerprint density at radius 1 is 1.24 bits per heavy atom. The summed E-state index contributed by atoms with van der Waals surface area (Å²) < 4.78 is 51.0. The van der Waals surface area contributed by atoms with Crippen LogP contribution in [0.1, 0.15) is 23.3 Å². The minimum atomic E-state index is -5.08. The highest BCUT2D eigenvalue weighted by molar-refractivity contribution is 5.92. The molecule has 2 fully saturated rings. The van der Waals surface area contributed by atoms with E-state index in [4.69, 9.17) is 14.6 Å². The van der Waals surface area contributed by atoms with Crippen LogP contribution in [0.25, 0.3) is 0 Å². The molecule has 2 saturated heterocycles. The van der Waals surface area contributed by atoms with Crippen molar-refractivity contribution in [1.29, 1.82) is 0 Å². The van der Waals surface area contributed by atoms with Crippen molar-refractivity contribution in [2.75, 3.05) is 33.3 Å². The van der Waals surface area contributed by atoms with Crippen LogP contribution in [0.5, 0.6) is 5.88 Å². The summed E-state index contributed by atoms with van der Waals surface area (Å²) in [5.41, 5.74) is 0.323. The highest BCUT2D eigenvalue weighted by Crippen LogP contribution is 2.38. The second-order valence-electron chi connectivity index (χ2n) is 8.16. The number of likely N-dealkylation sites (N-methyl/N-ethyl adjacent to an activating group) is 1. The number of aliphatic carboxylic acids is 1. The number of likely N-dealkylation sites (tertiary alicyclic amines) is 2. The van der Waals surface area contributed by atoms with Crippen LogP contribution in [0.3, 0.4) is 0 Å². The summed E-state index contributed by atoms with van der Waals surface area (Å²) in [4.78, 5) is 37.5. The maximum atomic E-state index is 13.7. The molecule has 2 aromatic rings. The van der Waals surface area contributed by atoms with Crippen LogP contribution < -0.4 is 4.74 Å². The average molecular weight is 485 g/mol. The predicted octanol–water partition coefficient (Wildman–Crippen LogP) is 2.26. The lowest BCUT2D eigenvalue weighted by atomic mass is 9.75. The Morgan fingerprint density at radius 2 is 1.94 bits per heavy atom. The third-order valence-corrected chi connectivity index (χ3v) is 5.81. The maximum absolute atomic E-state index is 13.7. The second kappa shape index (κ2) is 10.3. The van der Waals surface area contributed by atoms with Crippen LogP contribution in [0.2, 0.25) is 0 Å². The van der Waals surface area contributed by atoms with E-state index in [1.54, 1.807) is 12.3 Å². The SMILES string of the molecule is CN1CCC(COc2ncccc2F)CC12CN(C(=O)c1cnccn1)C2.O=C(O)C(F)(F)F. The summed E-state index contributed by atoms with van der Waals surface area (Å²) in [6, 6.07) is 2.89. The lowest BCUT2D eigenvalue weighted by Crippen LogP contribution is -2.72. The van der Waals surface area contributed by atoms with Gasteiger partial charge in [0.25, 0.3) is 5.91 Å². The molecule has 2 aliphatic rings. The molecule has 1 spiro atoms. The van der Waals surface area contributed by atoms with Gasteiger partial charge in [0.1, 0.15) is 5.69 Å². The number of carboxylic acid groups (broad SMARTS) is 1. The highest BCUT2D eigenvalue weighted by atomic mass is 19.4. The first-order valence-electron chi connectivity index (χ1n) is 10.3. The van der Waals surface area contributed by atoms with E-state index in [9.17, 15) is 22.4 Å². The predicted molar refractivity (Wildman–Crippen MR) is 109 cm³/mol. The van der Waals surface area contributed by atoms with Crippen molar-refractivity contribution in [3.63, 3.8) is 0 Å². The molecule has 0 bridgehead atoms. The number of carbonyl (C=O) groups excluding carboxylic acids is 1. The van der Waals surface area contributed by atoms with Crippen LogP contribution in [-0.2, 0) is 4.79 Å². The fraction of sp³-hybridized carbons (Fsp3) is 0.476. The van der Waals surface area contributed by atoms with Crippen LogP contribution in [-0.4, -0.2) is 86.7 Å². The van der Waals surface area contributed by atoms with Gasteiger partial charge in [0.05, 0.1) is 18.3 Å². The first-order valence-corrected chi connectivity index (χ1v) is 10.3. The summed E-state index contributed by atoms with van der Waals surface area (Å²) >= 11 is 0. The van der Waals surface area contributed by atoms with Crippen LogP contribution >= 0.6 is 0 Å². The quantitative estimate of drug-likeness (QED) is 0.657. The molecule has 1 unspecified atom stereocenters. The molecule has 2 aromatic heterocycles. The molecule has 34 heavy (non-hydrogen) atoms. The third-order valence-electron chi connectivity index (χ3n) is 5.81. The fourth-order valence-corrected chi connectivity index (χ4v) is 3.97. The van der Waals surface area contributed by atoms with Crippen molar-refractivity contribution >= 4 is 11.9 Å². The van der Waals surface area contributed by atoms with Crippen molar-refractivity contribution in [3.8, 4) is 5.88 Å². The Hall–Kier alpha value is -3.35. The van der Waals surface area contributed by atoms with E-state index in [1.807, 2.05) is 4.90 Å². The Labute approximate surface area is 192 Å². The Kier molecular flexibility index (Phi) is 7.64. The van der Waals surface area contributed by atoms with Crippen LogP contribution in [0, 0.1) is 11.7 Å². The number of pyridine rings is 1. The summed E-state index contributed by atoms with van der Waals surface area (Å²) in [7, 11) is 2.10. The smallest absolute Gasteiger partial charge is 0.475 e. The largest absolute Gasteiger partial charge is 0.490 e. The lowest BCUT2D eigenvalue weighted by molar-refractivity contribution is -0.192. The molecule has 4 rings (SSSR count). The number of halogens is 4. The zero-order chi connectivity index (χ0) is 24.9. The average Bonchev–Trinajstić information content (AvgIpc) is 2.78. The molecule has 13 heteroatoms. The molecule has 4 heterocycles. The third kappa shape index (κ3) is 5.95. The highest BCUT2D eigenvalue weighted by Gasteiger charge is 2.51. The van der Waals surface area contributed by atoms with Gasteiger partial charge in [-0.05, 0) is 44.5 Å². The number of alkyl halides is 3. The fourth-order valence-electron chi connectivity index (χ4n) is 3.97. The second-order valence-corrected chi connectivity index (χ2v) is 8.16. The van der Waals surface area contributed by atoms with Crippen molar-refractivity contribution in [1.82, 2.24) is 24.8 Å². The number of carbonyl (C=O) groups is 2. The molecule has 2 aliphatic heterocycles. The lowest BCUT2D eigenvalue weighted by Gasteiger charge is -2.58. The van der Waals surface area contributed by atoms with E-state index in [2.05, 4.69) is 26.9 Å². The van der Waals surface area contributed by atoms with E-state index >= 15 is 0 Å². The number of amides is 1. The van der Waals surface area contributed by atoms with Gasteiger partial charge in [0, 0.05) is 31.7 Å². The van der Waals surface area contributed by atoms with Gasteiger partial charge >= 0.3 is 12.1 Å². The van der Waals surface area contributed by atoms with Crippen LogP contribution in [0.4, 0.5) is 17.6 Å². The van der Waals surface area contributed by atoms with Gasteiger partial charge in [-0.3, -0.25) is 14.7 Å². The maximum Gasteiger partial charge on any atom is 0.490 e. The van der Waals surface area contributed by atoms with Gasteiger partial charge in [0.15, 0.2) is 5.82 Å². The minimum absolute atomic E-state index is 0.0488. The number of aromatic nitrogens is 3. The molecule has 1 atom stereocenters. The van der Waals surface area contributed by atoms with Gasteiger partial charge in [-0.1, -0.05) is 0 Å². The molecule has 1 N–H and O–H groups in total. The Balaban J connectivity index is 0.000000406. The van der Waals surface area contributed by atoms with Gasteiger partial charge in [0.2, 0.25) is 5.88 Å². The van der Waals surface area contributed by atoms with Gasteiger partial charge < -0.3 is 14.7 Å². The molecule has 0 radical (unpaired) electrons. The number of carboxylic acids is 1.